The fraction of sp³-hybridized carbons (Fsp3) is 0.214. The van der Waals surface area contributed by atoms with Gasteiger partial charge in [-0.2, -0.15) is 17.5 Å². The van der Waals surface area contributed by atoms with Gasteiger partial charge in [-0.3, -0.25) is 10.1 Å². The maximum atomic E-state index is 13.8. The number of aryl methyl sites for hydroxylation is 1. The van der Waals surface area contributed by atoms with Crippen LogP contribution < -0.4 is 0 Å². The van der Waals surface area contributed by atoms with E-state index in [0.717, 1.165) is 40.6 Å². The summed E-state index contributed by atoms with van der Waals surface area (Å²) in [6, 6.07) is 22.2. The standard InChI is InChI=1S/C28H25F3N2O4S/c1-20(26-13-5-10-22-9-2-3-12-27(22)26)32(38(36,37)25-16-14-24(15-17-25)33(34)35)18-6-8-21-7-4-11-23(19-21)28(29,30)31/h2-5,7,9-17,19-20H,6,8,18H2,1H3. The third kappa shape index (κ3) is 5.87. The number of nitro benzene ring substituents is 1. The molecule has 0 fully saturated rings. The first-order valence-electron chi connectivity index (χ1n) is 11.9. The monoisotopic (exact) mass is 542 g/mol. The molecule has 0 aliphatic carbocycles. The average Bonchev–Trinajstić information content (AvgIpc) is 2.90. The number of sulfonamides is 1. The quantitative estimate of drug-likeness (QED) is 0.166. The molecule has 1 unspecified atom stereocenters. The van der Waals surface area contributed by atoms with Gasteiger partial charge in [0.25, 0.3) is 5.69 Å². The maximum absolute atomic E-state index is 13.8. The zero-order valence-corrected chi connectivity index (χ0v) is 21.2. The van der Waals surface area contributed by atoms with E-state index in [2.05, 4.69) is 0 Å². The van der Waals surface area contributed by atoms with Crippen LogP contribution in [0.3, 0.4) is 0 Å². The smallest absolute Gasteiger partial charge is 0.258 e. The number of rotatable bonds is 9. The molecule has 6 nitrogen and oxygen atoms in total. The van der Waals surface area contributed by atoms with Crippen LogP contribution in [0.5, 0.6) is 0 Å². The molecule has 0 aliphatic heterocycles. The molecule has 0 heterocycles. The van der Waals surface area contributed by atoms with E-state index in [4.69, 9.17) is 0 Å². The summed E-state index contributed by atoms with van der Waals surface area (Å²) in [6.45, 7) is 1.79. The average molecular weight is 543 g/mol. The number of nitro groups is 1. The van der Waals surface area contributed by atoms with Gasteiger partial charge in [-0.25, -0.2) is 8.42 Å². The highest BCUT2D eigenvalue weighted by atomic mass is 32.2. The molecular weight excluding hydrogens is 517 g/mol. The van der Waals surface area contributed by atoms with Gasteiger partial charge in [-0.1, -0.05) is 60.7 Å². The topological polar surface area (TPSA) is 80.5 Å². The molecule has 0 spiro atoms. The minimum Gasteiger partial charge on any atom is -0.258 e. The molecule has 0 bridgehead atoms. The molecule has 0 saturated carbocycles. The molecule has 4 aromatic rings. The van der Waals surface area contributed by atoms with Crippen molar-refractivity contribution in [2.24, 2.45) is 0 Å². The van der Waals surface area contributed by atoms with E-state index in [1.807, 2.05) is 42.5 Å². The van der Waals surface area contributed by atoms with Crippen molar-refractivity contribution in [2.75, 3.05) is 6.54 Å². The number of hydrogen-bond donors (Lipinski definition) is 0. The summed E-state index contributed by atoms with van der Waals surface area (Å²) in [5.41, 5.74) is 0.231. The summed E-state index contributed by atoms with van der Waals surface area (Å²) in [5.74, 6) is 0. The van der Waals surface area contributed by atoms with Crippen LogP contribution in [0, 0.1) is 10.1 Å². The Morgan fingerprint density at radius 3 is 2.26 bits per heavy atom. The van der Waals surface area contributed by atoms with Gasteiger partial charge in [0.15, 0.2) is 0 Å². The second-order valence-corrected chi connectivity index (χ2v) is 10.8. The van der Waals surface area contributed by atoms with Gasteiger partial charge < -0.3 is 0 Å². The van der Waals surface area contributed by atoms with Crippen LogP contribution in [0.15, 0.2) is 95.9 Å². The Morgan fingerprint density at radius 1 is 0.921 bits per heavy atom. The summed E-state index contributed by atoms with van der Waals surface area (Å²) in [4.78, 5) is 10.3. The van der Waals surface area contributed by atoms with Crippen molar-refractivity contribution < 1.29 is 26.5 Å². The molecule has 10 heteroatoms. The minimum atomic E-state index is -4.47. The Balaban J connectivity index is 1.67. The minimum absolute atomic E-state index is 0.0277. The molecule has 0 aliphatic rings. The highest BCUT2D eigenvalue weighted by Crippen LogP contribution is 2.33. The van der Waals surface area contributed by atoms with E-state index in [9.17, 15) is 31.7 Å². The summed E-state index contributed by atoms with van der Waals surface area (Å²) in [7, 11) is -4.11. The summed E-state index contributed by atoms with van der Waals surface area (Å²) in [6.07, 6.45) is -3.97. The molecule has 4 rings (SSSR count). The number of alkyl halides is 3. The lowest BCUT2D eigenvalue weighted by atomic mass is 9.99. The van der Waals surface area contributed by atoms with E-state index >= 15 is 0 Å². The first-order chi connectivity index (χ1) is 18.0. The summed E-state index contributed by atoms with van der Waals surface area (Å²) in [5, 5.41) is 12.9. The van der Waals surface area contributed by atoms with Crippen LogP contribution in [0.1, 0.15) is 36.1 Å². The largest absolute Gasteiger partial charge is 0.416 e. The van der Waals surface area contributed by atoms with Crippen LogP contribution >= 0.6 is 0 Å². The van der Waals surface area contributed by atoms with Gasteiger partial charge in [0.2, 0.25) is 10.0 Å². The van der Waals surface area contributed by atoms with E-state index < -0.39 is 32.7 Å². The van der Waals surface area contributed by atoms with Crippen molar-refractivity contribution in [1.82, 2.24) is 4.31 Å². The van der Waals surface area contributed by atoms with Crippen molar-refractivity contribution >= 4 is 26.5 Å². The lowest BCUT2D eigenvalue weighted by Crippen LogP contribution is -2.35. The van der Waals surface area contributed by atoms with Gasteiger partial charge in [0.1, 0.15) is 0 Å². The fourth-order valence-electron chi connectivity index (χ4n) is 4.51. The fourth-order valence-corrected chi connectivity index (χ4v) is 6.16. The summed E-state index contributed by atoms with van der Waals surface area (Å²) < 4.78 is 68.3. The van der Waals surface area contributed by atoms with Crippen molar-refractivity contribution in [3.8, 4) is 0 Å². The molecule has 0 N–H and O–H groups in total. The van der Waals surface area contributed by atoms with Crippen molar-refractivity contribution in [2.45, 2.75) is 36.9 Å². The molecule has 0 saturated heterocycles. The number of nitrogens with zero attached hydrogens (tertiary/aromatic N) is 2. The number of halogens is 3. The maximum Gasteiger partial charge on any atom is 0.416 e. The Bertz CT molecular complexity index is 1550. The van der Waals surface area contributed by atoms with Gasteiger partial charge >= 0.3 is 6.18 Å². The normalized spacial score (nSPS) is 13.1. The third-order valence-electron chi connectivity index (χ3n) is 6.46. The van der Waals surface area contributed by atoms with Crippen LogP contribution in [0.25, 0.3) is 10.8 Å². The predicted molar refractivity (Wildman–Crippen MR) is 139 cm³/mol. The van der Waals surface area contributed by atoms with Crippen molar-refractivity contribution in [3.05, 3.63) is 118 Å². The second-order valence-electron chi connectivity index (χ2n) is 8.91. The molecule has 38 heavy (non-hydrogen) atoms. The highest BCUT2D eigenvalue weighted by Gasteiger charge is 2.32. The number of non-ortho nitro benzene ring substituents is 1. The highest BCUT2D eigenvalue weighted by molar-refractivity contribution is 7.89. The Labute approximate surface area is 218 Å². The third-order valence-corrected chi connectivity index (χ3v) is 8.44. The lowest BCUT2D eigenvalue weighted by Gasteiger charge is -2.29. The van der Waals surface area contributed by atoms with E-state index in [-0.39, 0.29) is 30.0 Å². The molecular formula is C28H25F3N2O4S. The van der Waals surface area contributed by atoms with Crippen LogP contribution in [-0.4, -0.2) is 24.2 Å². The van der Waals surface area contributed by atoms with Gasteiger partial charge in [-0.15, -0.1) is 0 Å². The number of hydrogen-bond acceptors (Lipinski definition) is 4. The molecule has 1 atom stereocenters. The Morgan fingerprint density at radius 2 is 1.58 bits per heavy atom. The Hall–Kier alpha value is -3.76. The SMILES string of the molecule is CC(c1cccc2ccccc12)N(CCCc1cccc(C(F)(F)F)c1)S(=O)(=O)c1ccc([N+](=O)[O-])cc1. The molecule has 198 valence electrons. The molecule has 0 aromatic heterocycles. The van der Waals surface area contributed by atoms with Crippen LogP contribution in [-0.2, 0) is 22.6 Å². The molecule has 0 amide bonds. The van der Waals surface area contributed by atoms with Gasteiger partial charge in [0.05, 0.1) is 15.4 Å². The summed E-state index contributed by atoms with van der Waals surface area (Å²) >= 11 is 0. The van der Waals surface area contributed by atoms with E-state index in [0.29, 0.717) is 5.56 Å². The Kier molecular flexibility index (Phi) is 7.84. The van der Waals surface area contributed by atoms with Gasteiger partial charge in [0, 0.05) is 24.7 Å². The van der Waals surface area contributed by atoms with Crippen molar-refractivity contribution in [1.29, 1.82) is 0 Å². The number of fused-ring (bicyclic) bond motifs is 1. The van der Waals surface area contributed by atoms with E-state index in [1.165, 1.54) is 22.5 Å². The first kappa shape index (κ1) is 27.3. The van der Waals surface area contributed by atoms with Crippen LogP contribution in [0.4, 0.5) is 18.9 Å². The zero-order valence-electron chi connectivity index (χ0n) is 20.4. The van der Waals surface area contributed by atoms with Gasteiger partial charge in [-0.05, 0) is 59.9 Å². The number of benzene rings is 4. The van der Waals surface area contributed by atoms with Crippen molar-refractivity contribution in [3.63, 3.8) is 0 Å². The lowest BCUT2D eigenvalue weighted by molar-refractivity contribution is -0.384. The van der Waals surface area contributed by atoms with E-state index in [1.54, 1.807) is 13.0 Å². The zero-order chi connectivity index (χ0) is 27.5. The second kappa shape index (κ2) is 10.9. The predicted octanol–water partition coefficient (Wildman–Crippen LogP) is 7.15. The first-order valence-corrected chi connectivity index (χ1v) is 13.3. The van der Waals surface area contributed by atoms with Crippen LogP contribution in [0.2, 0.25) is 0 Å². The molecule has 4 aromatic carbocycles. The molecule has 0 radical (unpaired) electrons.